The molecule has 0 radical (unpaired) electrons. The number of nitrogens with one attached hydrogen (secondary N) is 1. The van der Waals surface area contributed by atoms with Crippen molar-refractivity contribution in [2.75, 3.05) is 23.7 Å². The summed E-state index contributed by atoms with van der Waals surface area (Å²) in [7, 11) is -3.53. The molecule has 208 valence electrons. The van der Waals surface area contributed by atoms with Crippen LogP contribution in [0.2, 0.25) is 0 Å². The van der Waals surface area contributed by atoms with E-state index >= 15 is 0 Å². The lowest BCUT2D eigenvalue weighted by Gasteiger charge is -2.32. The van der Waals surface area contributed by atoms with Crippen LogP contribution in [-0.2, 0) is 32.6 Å². The predicted octanol–water partition coefficient (Wildman–Crippen LogP) is 5.16. The van der Waals surface area contributed by atoms with Crippen LogP contribution in [0.3, 0.4) is 0 Å². The number of sulfonamides is 1. The quantitative estimate of drug-likeness (QED) is 0.272. The lowest BCUT2D eigenvalue weighted by Crippen LogP contribution is -2.50. The van der Waals surface area contributed by atoms with E-state index in [4.69, 9.17) is 0 Å². The van der Waals surface area contributed by atoms with Gasteiger partial charge in [-0.2, -0.15) is 0 Å². The van der Waals surface area contributed by atoms with E-state index in [2.05, 4.69) is 21.2 Å². The number of hydrogen-bond donors (Lipinski definition) is 1. The summed E-state index contributed by atoms with van der Waals surface area (Å²) in [5, 5.41) is 2.97. The lowest BCUT2D eigenvalue weighted by molar-refractivity contribution is -0.141. The molecule has 3 rings (SSSR count). The molecule has 0 spiro atoms. The number of carbonyl (C=O) groups excluding carboxylic acids is 2. The molecule has 0 unspecified atom stereocenters. The minimum absolute atomic E-state index is 0.0964. The molecule has 0 saturated heterocycles. The minimum Gasteiger partial charge on any atom is -0.354 e. The second kappa shape index (κ2) is 14.8. The van der Waals surface area contributed by atoms with Crippen LogP contribution >= 0.6 is 15.9 Å². The van der Waals surface area contributed by atoms with Crippen molar-refractivity contribution in [3.05, 3.63) is 101 Å². The Morgan fingerprint density at radius 1 is 0.923 bits per heavy atom. The maximum atomic E-state index is 13.8. The average Bonchev–Trinajstić information content (AvgIpc) is 2.92. The normalized spacial score (nSPS) is 12.0. The summed E-state index contributed by atoms with van der Waals surface area (Å²) in [6.07, 6.45) is 2.72. The van der Waals surface area contributed by atoms with E-state index in [0.29, 0.717) is 25.1 Å². The number of amides is 2. The van der Waals surface area contributed by atoms with Gasteiger partial charge in [0.2, 0.25) is 21.8 Å². The van der Waals surface area contributed by atoms with Gasteiger partial charge in [0.25, 0.3) is 0 Å². The SMILES string of the molecule is CCCNC(=O)[C@@H](Cc1ccccc1)N(Cc1cccc(Br)c1)C(=O)CCCN(c1ccccc1)S(C)(=O)=O. The molecule has 0 bridgehead atoms. The number of carbonyl (C=O) groups is 2. The molecule has 0 saturated carbocycles. The second-order valence-corrected chi connectivity index (χ2v) is 12.2. The van der Waals surface area contributed by atoms with E-state index in [9.17, 15) is 18.0 Å². The number of nitrogens with zero attached hydrogens (tertiary/aromatic N) is 2. The van der Waals surface area contributed by atoms with Crippen LogP contribution in [-0.4, -0.2) is 50.5 Å². The number of anilines is 1. The van der Waals surface area contributed by atoms with Crippen LogP contribution in [0.4, 0.5) is 5.69 Å². The summed E-state index contributed by atoms with van der Waals surface area (Å²) in [5.74, 6) is -0.407. The number of halogens is 1. The summed E-state index contributed by atoms with van der Waals surface area (Å²) in [6, 6.07) is 25.5. The zero-order valence-corrected chi connectivity index (χ0v) is 24.8. The zero-order valence-electron chi connectivity index (χ0n) is 22.4. The third-order valence-electron chi connectivity index (χ3n) is 6.26. The maximum absolute atomic E-state index is 13.8. The number of hydrogen-bond acceptors (Lipinski definition) is 4. The van der Waals surface area contributed by atoms with Crippen molar-refractivity contribution < 1.29 is 18.0 Å². The Labute approximate surface area is 240 Å². The Morgan fingerprint density at radius 2 is 1.56 bits per heavy atom. The first-order valence-electron chi connectivity index (χ1n) is 13.1. The Hall–Kier alpha value is -3.17. The molecule has 0 fully saturated rings. The van der Waals surface area contributed by atoms with Gasteiger partial charge < -0.3 is 10.2 Å². The molecule has 1 N–H and O–H groups in total. The van der Waals surface area contributed by atoms with Gasteiger partial charge in [-0.15, -0.1) is 0 Å². The van der Waals surface area contributed by atoms with E-state index in [0.717, 1.165) is 28.3 Å². The lowest BCUT2D eigenvalue weighted by atomic mass is 10.0. The van der Waals surface area contributed by atoms with Crippen LogP contribution in [0.25, 0.3) is 0 Å². The van der Waals surface area contributed by atoms with Gasteiger partial charge in [0, 0.05) is 36.9 Å². The maximum Gasteiger partial charge on any atom is 0.243 e. The van der Waals surface area contributed by atoms with Crippen molar-refractivity contribution >= 4 is 43.5 Å². The molecule has 0 aliphatic heterocycles. The first-order valence-corrected chi connectivity index (χ1v) is 15.7. The molecule has 0 aliphatic rings. The Kier molecular flexibility index (Phi) is 11.6. The van der Waals surface area contributed by atoms with E-state index in [1.54, 1.807) is 29.2 Å². The van der Waals surface area contributed by atoms with Crippen LogP contribution in [0.1, 0.15) is 37.3 Å². The van der Waals surface area contributed by atoms with Gasteiger partial charge >= 0.3 is 0 Å². The fourth-order valence-corrected chi connectivity index (χ4v) is 5.76. The van der Waals surface area contributed by atoms with E-state index in [1.165, 1.54) is 4.31 Å². The molecular weight excluding hydrogens is 578 g/mol. The molecule has 39 heavy (non-hydrogen) atoms. The average molecular weight is 615 g/mol. The second-order valence-electron chi connectivity index (χ2n) is 9.42. The highest BCUT2D eigenvalue weighted by molar-refractivity contribution is 9.10. The molecular formula is C30H36BrN3O4S. The highest BCUT2D eigenvalue weighted by Gasteiger charge is 2.30. The Bertz CT molecular complexity index is 1320. The predicted molar refractivity (Wildman–Crippen MR) is 160 cm³/mol. The minimum atomic E-state index is -3.53. The first kappa shape index (κ1) is 30.4. The topological polar surface area (TPSA) is 86.8 Å². The van der Waals surface area contributed by atoms with Crippen molar-refractivity contribution in [1.82, 2.24) is 10.2 Å². The standard InChI is InChI=1S/C30H36BrN3O4S/c1-3-19-32-30(36)28(22-24-12-6-4-7-13-24)33(23-25-14-10-15-26(31)21-25)29(35)18-11-20-34(39(2,37)38)27-16-8-5-9-17-27/h4-10,12-17,21,28H,3,11,18-20,22-23H2,1-2H3,(H,32,36)/t28-/m1/s1. The van der Waals surface area contributed by atoms with E-state index in [-0.39, 0.29) is 31.3 Å². The summed E-state index contributed by atoms with van der Waals surface area (Å²) in [4.78, 5) is 28.8. The van der Waals surface area contributed by atoms with E-state index < -0.39 is 16.1 Å². The van der Waals surface area contributed by atoms with Crippen LogP contribution < -0.4 is 9.62 Å². The molecule has 9 heteroatoms. The van der Waals surface area contributed by atoms with Gasteiger partial charge in [0.05, 0.1) is 11.9 Å². The molecule has 3 aromatic rings. The molecule has 0 aromatic heterocycles. The molecule has 1 atom stereocenters. The van der Waals surface area contributed by atoms with Gasteiger partial charge in [0.15, 0.2) is 0 Å². The summed E-state index contributed by atoms with van der Waals surface area (Å²) < 4.78 is 27.2. The fraction of sp³-hybridized carbons (Fsp3) is 0.333. The van der Waals surface area contributed by atoms with Gasteiger partial charge in [-0.05, 0) is 48.2 Å². The Balaban J connectivity index is 1.86. The van der Waals surface area contributed by atoms with Crippen LogP contribution in [0.5, 0.6) is 0 Å². The van der Waals surface area contributed by atoms with Crippen molar-refractivity contribution in [3.63, 3.8) is 0 Å². The zero-order chi connectivity index (χ0) is 28.3. The molecule has 0 heterocycles. The highest BCUT2D eigenvalue weighted by Crippen LogP contribution is 2.21. The largest absolute Gasteiger partial charge is 0.354 e. The van der Waals surface area contributed by atoms with Crippen molar-refractivity contribution in [1.29, 1.82) is 0 Å². The third-order valence-corrected chi connectivity index (χ3v) is 7.95. The van der Waals surface area contributed by atoms with Crippen molar-refractivity contribution in [2.45, 2.75) is 45.2 Å². The number of benzene rings is 3. The van der Waals surface area contributed by atoms with E-state index in [1.807, 2.05) is 67.6 Å². The van der Waals surface area contributed by atoms with Gasteiger partial charge in [-0.1, -0.05) is 83.5 Å². The third kappa shape index (κ3) is 9.51. The van der Waals surface area contributed by atoms with Gasteiger partial charge in [-0.3, -0.25) is 13.9 Å². The van der Waals surface area contributed by atoms with Gasteiger partial charge in [-0.25, -0.2) is 8.42 Å². The fourth-order valence-electron chi connectivity index (χ4n) is 4.35. The van der Waals surface area contributed by atoms with Gasteiger partial charge in [0.1, 0.15) is 6.04 Å². The van der Waals surface area contributed by atoms with Crippen LogP contribution in [0.15, 0.2) is 89.4 Å². The van der Waals surface area contributed by atoms with Crippen LogP contribution in [0, 0.1) is 0 Å². The van der Waals surface area contributed by atoms with Crippen molar-refractivity contribution in [2.24, 2.45) is 0 Å². The number of para-hydroxylation sites is 1. The smallest absolute Gasteiger partial charge is 0.243 e. The highest BCUT2D eigenvalue weighted by atomic mass is 79.9. The summed E-state index contributed by atoms with van der Waals surface area (Å²) in [6.45, 7) is 2.91. The first-order chi connectivity index (χ1) is 18.7. The molecule has 2 amide bonds. The summed E-state index contributed by atoms with van der Waals surface area (Å²) >= 11 is 3.50. The monoisotopic (exact) mass is 613 g/mol. The summed E-state index contributed by atoms with van der Waals surface area (Å²) in [5.41, 5.74) is 2.40. The molecule has 3 aromatic carbocycles. The molecule has 0 aliphatic carbocycles. The number of rotatable bonds is 14. The molecule has 7 nitrogen and oxygen atoms in total. The Morgan fingerprint density at radius 3 is 2.18 bits per heavy atom. The van der Waals surface area contributed by atoms with Crippen molar-refractivity contribution in [3.8, 4) is 0 Å².